The molecule has 334 valence electrons. The first-order valence-electron chi connectivity index (χ1n) is 16.9. The molecule has 4 aromatic carbocycles. The van der Waals surface area contributed by atoms with Crippen LogP contribution in [0.5, 0.6) is 0 Å². The van der Waals surface area contributed by atoms with Gasteiger partial charge < -0.3 is 21.9 Å². The molecule has 0 unspecified atom stereocenters. The van der Waals surface area contributed by atoms with E-state index in [0.717, 1.165) is 36.3 Å². The van der Waals surface area contributed by atoms with Gasteiger partial charge in [0.2, 0.25) is 0 Å². The minimum Gasteiger partial charge on any atom is -0.478 e. The highest BCUT2D eigenvalue weighted by Crippen LogP contribution is 2.49. The van der Waals surface area contributed by atoms with Gasteiger partial charge in [0, 0.05) is 11.4 Å². The molecule has 0 fully saturated rings. The SMILES string of the molecule is CNCCOOSc1cccc(N=Nc2c(N)c(N=Nc3cccc(S(=O)(=O)CCOS(=O)(=O)O)c3)c(N)c(N=Nc3cccc(S(=O)(=O)CCOS(=O)(=O)O)c3)c2C(=O)O)c1. The second-order valence-electron chi connectivity index (χ2n) is 11.9. The maximum atomic E-state index is 12.9. The molecule has 0 heterocycles. The first-order valence-corrected chi connectivity index (χ1v) is 23.7. The lowest BCUT2D eigenvalue weighted by molar-refractivity contribution is -0.188. The zero-order valence-electron chi connectivity index (χ0n) is 31.7. The molecular formula is C32H35N9O16S5. The van der Waals surface area contributed by atoms with Crippen molar-refractivity contribution in [3.8, 4) is 0 Å². The maximum Gasteiger partial charge on any atom is 0.397 e. The van der Waals surface area contributed by atoms with Crippen LogP contribution in [0, 0.1) is 0 Å². The van der Waals surface area contributed by atoms with E-state index in [1.807, 2.05) is 0 Å². The van der Waals surface area contributed by atoms with Gasteiger partial charge in [0.1, 0.15) is 22.6 Å². The quantitative estimate of drug-likeness (QED) is 0.0106. The normalized spacial score (nSPS) is 12.8. The second-order valence-corrected chi connectivity index (χ2v) is 19.0. The molecule has 0 amide bonds. The van der Waals surface area contributed by atoms with Crippen molar-refractivity contribution in [2.75, 3.05) is 56.4 Å². The molecule has 25 nitrogen and oxygen atoms in total. The van der Waals surface area contributed by atoms with Crippen molar-refractivity contribution < 1.29 is 70.3 Å². The van der Waals surface area contributed by atoms with Crippen molar-refractivity contribution in [3.63, 3.8) is 0 Å². The van der Waals surface area contributed by atoms with Crippen molar-refractivity contribution in [2.45, 2.75) is 14.7 Å². The van der Waals surface area contributed by atoms with Crippen LogP contribution in [-0.2, 0) is 58.1 Å². The number of aromatic carboxylic acids is 1. The average molecular weight is 962 g/mol. The van der Waals surface area contributed by atoms with Crippen molar-refractivity contribution in [2.24, 2.45) is 30.7 Å². The van der Waals surface area contributed by atoms with Crippen LogP contribution in [0.15, 0.2) is 118 Å². The average Bonchev–Trinajstić information content (AvgIpc) is 3.19. The Balaban J connectivity index is 1.81. The molecule has 30 heteroatoms. The smallest absolute Gasteiger partial charge is 0.397 e. The molecule has 0 saturated carbocycles. The summed E-state index contributed by atoms with van der Waals surface area (Å²) in [5.41, 5.74) is 9.27. The Hall–Kier alpha value is -5.38. The van der Waals surface area contributed by atoms with Gasteiger partial charge in [0.05, 0.1) is 81.6 Å². The topological polar surface area (TPSA) is 389 Å². The third-order valence-electron chi connectivity index (χ3n) is 7.46. The number of carboxylic acids is 1. The lowest BCUT2D eigenvalue weighted by Crippen LogP contribution is -2.15. The van der Waals surface area contributed by atoms with Crippen molar-refractivity contribution in [1.29, 1.82) is 0 Å². The van der Waals surface area contributed by atoms with E-state index < -0.39 is 105 Å². The van der Waals surface area contributed by atoms with E-state index in [4.69, 9.17) is 29.8 Å². The Bertz CT molecular complexity index is 2830. The number of nitrogens with one attached hydrogen (secondary N) is 1. The largest absolute Gasteiger partial charge is 0.478 e. The van der Waals surface area contributed by atoms with Gasteiger partial charge in [-0.25, -0.2) is 34.9 Å². The lowest BCUT2D eigenvalue weighted by Gasteiger charge is -2.13. The Labute approximate surface area is 358 Å². The predicted molar refractivity (Wildman–Crippen MR) is 220 cm³/mol. The van der Waals surface area contributed by atoms with E-state index in [2.05, 4.69) is 44.4 Å². The van der Waals surface area contributed by atoms with E-state index in [1.54, 1.807) is 19.2 Å². The molecule has 62 heavy (non-hydrogen) atoms. The fraction of sp³-hybridized carbons (Fsp3) is 0.219. The summed E-state index contributed by atoms with van der Waals surface area (Å²) in [4.78, 5) is 17.7. The Morgan fingerprint density at radius 2 is 1.08 bits per heavy atom. The van der Waals surface area contributed by atoms with Gasteiger partial charge in [-0.3, -0.25) is 9.11 Å². The number of likely N-dealkylation sites (N-methyl/N-ethyl adjacent to an activating group) is 1. The molecule has 4 rings (SSSR count). The molecule has 0 bridgehead atoms. The maximum absolute atomic E-state index is 12.9. The molecule has 0 aliphatic rings. The van der Waals surface area contributed by atoms with Gasteiger partial charge in [-0.05, 0) is 61.6 Å². The number of hydrogen-bond donors (Lipinski definition) is 6. The summed E-state index contributed by atoms with van der Waals surface area (Å²) >= 11 is 0.850. The summed E-state index contributed by atoms with van der Waals surface area (Å²) in [6, 6.07) is 15.7. The fourth-order valence-electron chi connectivity index (χ4n) is 4.64. The van der Waals surface area contributed by atoms with Crippen LogP contribution in [-0.4, -0.2) is 98.8 Å². The number of hydrogen-bond acceptors (Lipinski definition) is 23. The summed E-state index contributed by atoms with van der Waals surface area (Å²) in [6.07, 6.45) is 0. The molecule has 0 radical (unpaired) electrons. The number of nitrogens with two attached hydrogens (primary N) is 2. The third kappa shape index (κ3) is 14.9. The van der Waals surface area contributed by atoms with Crippen LogP contribution in [0.3, 0.4) is 0 Å². The molecule has 0 aliphatic carbocycles. The van der Waals surface area contributed by atoms with Crippen molar-refractivity contribution in [1.82, 2.24) is 5.32 Å². The van der Waals surface area contributed by atoms with Gasteiger partial charge in [0.25, 0.3) is 0 Å². The van der Waals surface area contributed by atoms with E-state index >= 15 is 0 Å². The monoisotopic (exact) mass is 961 g/mol. The van der Waals surface area contributed by atoms with E-state index in [1.165, 1.54) is 36.4 Å². The minimum atomic E-state index is -4.93. The predicted octanol–water partition coefficient (Wildman–Crippen LogP) is 5.16. The number of nitrogens with zero attached hydrogens (tertiary/aromatic N) is 6. The van der Waals surface area contributed by atoms with Crippen LogP contribution in [0.25, 0.3) is 0 Å². The summed E-state index contributed by atoms with van der Waals surface area (Å²) in [5.74, 6) is -3.42. The number of rotatable bonds is 23. The number of carboxylic acid groups (broad SMARTS) is 1. The molecule has 0 aliphatic heterocycles. The number of benzene rings is 4. The lowest BCUT2D eigenvalue weighted by atomic mass is 10.1. The van der Waals surface area contributed by atoms with Crippen molar-refractivity contribution >= 4 is 104 Å². The highest BCUT2D eigenvalue weighted by molar-refractivity contribution is 7.94. The minimum absolute atomic E-state index is 0.124. The van der Waals surface area contributed by atoms with Crippen molar-refractivity contribution in [3.05, 3.63) is 78.4 Å². The van der Waals surface area contributed by atoms with Gasteiger partial charge in [-0.2, -0.15) is 36.5 Å². The fourth-order valence-corrected chi connectivity index (χ4v) is 8.19. The van der Waals surface area contributed by atoms with E-state index in [-0.39, 0.29) is 33.5 Å². The molecule has 0 atom stereocenters. The van der Waals surface area contributed by atoms with Gasteiger partial charge >= 0.3 is 26.8 Å². The van der Waals surface area contributed by atoms with Crippen LogP contribution < -0.4 is 16.8 Å². The summed E-state index contributed by atoms with van der Waals surface area (Å²) in [6.45, 7) is -1.06. The molecule has 0 spiro atoms. The van der Waals surface area contributed by atoms with Crippen LogP contribution in [0.2, 0.25) is 0 Å². The number of anilines is 2. The highest BCUT2D eigenvalue weighted by Gasteiger charge is 2.27. The first-order chi connectivity index (χ1) is 29.1. The zero-order valence-corrected chi connectivity index (χ0v) is 35.8. The number of carbonyl (C=O) groups is 1. The number of sulfone groups is 2. The molecule has 4 aromatic rings. The van der Waals surface area contributed by atoms with Crippen LogP contribution in [0.1, 0.15) is 10.4 Å². The summed E-state index contributed by atoms with van der Waals surface area (Å²) < 4.78 is 126. The second kappa shape index (κ2) is 21.6. The Morgan fingerprint density at radius 3 is 1.52 bits per heavy atom. The van der Waals surface area contributed by atoms with Gasteiger partial charge in [-0.1, -0.05) is 18.2 Å². The van der Waals surface area contributed by atoms with E-state index in [0.29, 0.717) is 11.4 Å². The molecule has 0 aromatic heterocycles. The zero-order chi connectivity index (χ0) is 45.7. The van der Waals surface area contributed by atoms with Crippen LogP contribution >= 0.6 is 12.0 Å². The standard InChI is InChI=1S/C32H35N9O16S5/c1-35-11-12-54-57-58-23-8-2-5-20(17-23)36-39-29-26(32(42)43)30(40-37-21-6-3-9-24(18-21)59(44,45)15-13-55-61(48,49)50)28(34)31(27(29)33)41-38-22-7-4-10-25(19-22)60(46,47)16-14-56-62(51,52)53/h2-10,17-19,35H,11-16,33-34H2,1H3,(H,42,43)(H,48,49,50)(H,51,52,53). The molecular weight excluding hydrogens is 927 g/mol. The van der Waals surface area contributed by atoms with Gasteiger partial charge in [-0.15, -0.1) is 15.3 Å². The Kier molecular flexibility index (Phi) is 17.2. The number of nitrogen functional groups attached to an aromatic ring is 2. The summed E-state index contributed by atoms with van der Waals surface area (Å²) in [7, 11) is -16.5. The molecule has 0 saturated heterocycles. The van der Waals surface area contributed by atoms with Crippen LogP contribution in [0.4, 0.5) is 45.5 Å². The van der Waals surface area contributed by atoms with E-state index in [9.17, 15) is 43.6 Å². The first kappa shape index (κ1) is 49.3. The Morgan fingerprint density at radius 1 is 0.645 bits per heavy atom. The van der Waals surface area contributed by atoms with Gasteiger partial charge in [0.15, 0.2) is 19.7 Å². The third-order valence-corrected chi connectivity index (χ3v) is 12.4. The number of azo groups is 3. The summed E-state index contributed by atoms with van der Waals surface area (Å²) in [5, 5.41) is 37.5. The molecule has 8 N–H and O–H groups in total. The highest BCUT2D eigenvalue weighted by atomic mass is 32.3.